The Bertz CT molecular complexity index is 799. The predicted octanol–water partition coefficient (Wildman–Crippen LogP) is 11.2. The van der Waals surface area contributed by atoms with Crippen LogP contribution in [0.15, 0.2) is 29.2 Å². The van der Waals surface area contributed by atoms with Crippen molar-refractivity contribution in [3.8, 4) is 0 Å². The molecule has 0 amide bonds. The molecule has 1 aromatic rings. The van der Waals surface area contributed by atoms with Crippen molar-refractivity contribution in [2.45, 2.75) is 147 Å². The minimum absolute atomic E-state index is 0.179. The molecule has 0 atom stereocenters. The fraction of sp³-hybridized carbons (Fsp3) is 0.806. The van der Waals surface area contributed by atoms with Crippen LogP contribution in [0.3, 0.4) is 0 Å². The number of hydrogen-bond donors (Lipinski definition) is 0. The maximum atomic E-state index is 13.4. The second-order valence-electron chi connectivity index (χ2n) is 10.9. The standard InChI is InChI=1S/C31H55F3O3S2/c1-4-7-10-13-16-19-26-38(27-20-17-14-11-8-5-2,28-21-18-15-12-9-6-3)37-39(35,36)30-24-22-29(23-25-30)31(32,33)34/h22-25H,4-21,26-28H2,1-3H3. The lowest BCUT2D eigenvalue weighted by Crippen LogP contribution is -2.21. The molecular formula is C31H55F3O3S2. The first-order chi connectivity index (χ1) is 18.6. The smallest absolute Gasteiger partial charge is 0.216 e. The Hall–Kier alpha value is -0.730. The van der Waals surface area contributed by atoms with E-state index in [9.17, 15) is 21.6 Å². The van der Waals surface area contributed by atoms with Gasteiger partial charge in [-0.25, -0.2) is 3.63 Å². The normalized spacial score (nSPS) is 13.2. The maximum absolute atomic E-state index is 13.4. The molecule has 0 saturated heterocycles. The third-order valence-electron chi connectivity index (χ3n) is 7.31. The lowest BCUT2D eigenvalue weighted by molar-refractivity contribution is -0.137. The Morgan fingerprint density at radius 2 is 0.897 bits per heavy atom. The molecule has 0 radical (unpaired) electrons. The van der Waals surface area contributed by atoms with Crippen LogP contribution >= 0.6 is 10.3 Å². The van der Waals surface area contributed by atoms with Gasteiger partial charge in [-0.05, 0) is 43.5 Å². The fourth-order valence-electron chi connectivity index (χ4n) is 4.88. The summed E-state index contributed by atoms with van der Waals surface area (Å²) in [5.41, 5.74) is -0.855. The van der Waals surface area contributed by atoms with Gasteiger partial charge in [0.15, 0.2) is 0 Å². The zero-order chi connectivity index (χ0) is 29.0. The summed E-state index contributed by atoms with van der Waals surface area (Å²) >= 11 is 0. The molecular weight excluding hydrogens is 541 g/mol. The van der Waals surface area contributed by atoms with E-state index in [0.29, 0.717) is 0 Å². The first-order valence-corrected chi connectivity index (χ1v) is 19.0. The van der Waals surface area contributed by atoms with Crippen LogP contribution in [0.1, 0.15) is 142 Å². The molecule has 0 heterocycles. The number of unbranched alkanes of at least 4 members (excludes halogenated alkanes) is 15. The highest BCUT2D eigenvalue weighted by atomic mass is 32.3. The minimum atomic E-state index is -4.51. The topological polar surface area (TPSA) is 43.4 Å². The van der Waals surface area contributed by atoms with Crippen molar-refractivity contribution in [1.82, 2.24) is 0 Å². The summed E-state index contributed by atoms with van der Waals surface area (Å²) < 4.78 is 72.3. The Morgan fingerprint density at radius 1 is 0.564 bits per heavy atom. The molecule has 0 aromatic heterocycles. The van der Waals surface area contributed by atoms with Crippen molar-refractivity contribution in [3.63, 3.8) is 0 Å². The molecule has 0 unspecified atom stereocenters. The molecule has 1 rings (SSSR count). The number of hydrogen-bond acceptors (Lipinski definition) is 3. The molecule has 3 nitrogen and oxygen atoms in total. The average molecular weight is 597 g/mol. The van der Waals surface area contributed by atoms with Gasteiger partial charge in [-0.3, -0.25) is 0 Å². The van der Waals surface area contributed by atoms with Gasteiger partial charge >= 0.3 is 16.3 Å². The Morgan fingerprint density at radius 3 is 1.23 bits per heavy atom. The van der Waals surface area contributed by atoms with E-state index in [1.165, 1.54) is 57.8 Å². The highest BCUT2D eigenvalue weighted by Gasteiger charge is 2.34. The molecule has 0 spiro atoms. The number of alkyl halides is 3. The van der Waals surface area contributed by atoms with Crippen LogP contribution < -0.4 is 0 Å². The van der Waals surface area contributed by atoms with Gasteiger partial charge in [-0.15, -0.1) is 10.3 Å². The van der Waals surface area contributed by atoms with E-state index in [-0.39, 0.29) is 4.90 Å². The Balaban J connectivity index is 3.08. The zero-order valence-corrected chi connectivity index (χ0v) is 26.5. The second kappa shape index (κ2) is 20.2. The number of benzene rings is 1. The Kier molecular flexibility index (Phi) is 18.8. The van der Waals surface area contributed by atoms with E-state index < -0.39 is 32.2 Å². The van der Waals surface area contributed by atoms with Crippen LogP contribution in [-0.2, 0) is 19.9 Å². The van der Waals surface area contributed by atoms with Crippen molar-refractivity contribution in [2.24, 2.45) is 0 Å². The van der Waals surface area contributed by atoms with Crippen molar-refractivity contribution >= 4 is 20.4 Å². The van der Waals surface area contributed by atoms with Crippen LogP contribution in [0.5, 0.6) is 0 Å². The van der Waals surface area contributed by atoms with Crippen molar-refractivity contribution in [2.75, 3.05) is 17.3 Å². The number of halogens is 3. The zero-order valence-electron chi connectivity index (χ0n) is 24.8. The van der Waals surface area contributed by atoms with Crippen molar-refractivity contribution in [1.29, 1.82) is 0 Å². The van der Waals surface area contributed by atoms with Gasteiger partial charge in [0.2, 0.25) is 0 Å². The third-order valence-corrected chi connectivity index (χ3v) is 13.1. The summed E-state index contributed by atoms with van der Waals surface area (Å²) in [6.07, 6.45) is 15.7. The first-order valence-electron chi connectivity index (χ1n) is 15.5. The fourth-order valence-corrected chi connectivity index (χ4v) is 10.8. The second-order valence-corrected chi connectivity index (χ2v) is 16.0. The molecule has 0 aliphatic rings. The van der Waals surface area contributed by atoms with Crippen LogP contribution in [0.2, 0.25) is 0 Å². The largest absolute Gasteiger partial charge is 0.416 e. The highest BCUT2D eigenvalue weighted by Crippen LogP contribution is 2.54. The third kappa shape index (κ3) is 15.7. The van der Waals surface area contributed by atoms with Gasteiger partial charge in [0.25, 0.3) is 0 Å². The van der Waals surface area contributed by atoms with Crippen LogP contribution in [0.25, 0.3) is 0 Å². The molecule has 0 saturated carbocycles. The summed E-state index contributed by atoms with van der Waals surface area (Å²) in [5, 5.41) is 0. The molecule has 39 heavy (non-hydrogen) atoms. The average Bonchev–Trinajstić information content (AvgIpc) is 2.89. The van der Waals surface area contributed by atoms with Crippen LogP contribution in [-0.4, -0.2) is 25.7 Å². The highest BCUT2D eigenvalue weighted by molar-refractivity contribution is 8.33. The van der Waals surface area contributed by atoms with Crippen LogP contribution in [0.4, 0.5) is 13.2 Å². The van der Waals surface area contributed by atoms with E-state index in [1.54, 1.807) is 0 Å². The Labute approximate surface area is 239 Å². The number of rotatable bonds is 24. The molecule has 0 bridgehead atoms. The molecule has 0 N–H and O–H groups in total. The van der Waals surface area contributed by atoms with Gasteiger partial charge in [-0.2, -0.15) is 21.6 Å². The van der Waals surface area contributed by atoms with E-state index in [2.05, 4.69) is 20.8 Å². The van der Waals surface area contributed by atoms with Gasteiger partial charge in [0.05, 0.1) is 10.5 Å². The quantitative estimate of drug-likeness (QED) is 0.111. The molecule has 8 heteroatoms. The van der Waals surface area contributed by atoms with Crippen LogP contribution in [0, 0.1) is 0 Å². The molecule has 1 aromatic carbocycles. The predicted molar refractivity (Wildman–Crippen MR) is 162 cm³/mol. The van der Waals surface area contributed by atoms with Gasteiger partial charge in [0, 0.05) is 17.3 Å². The molecule has 230 valence electrons. The first kappa shape index (κ1) is 36.3. The van der Waals surface area contributed by atoms with Gasteiger partial charge in [-0.1, -0.05) is 117 Å². The van der Waals surface area contributed by atoms with E-state index in [4.69, 9.17) is 3.63 Å². The van der Waals surface area contributed by atoms with E-state index in [0.717, 1.165) is 99.3 Å². The van der Waals surface area contributed by atoms with Gasteiger partial charge < -0.3 is 0 Å². The SMILES string of the molecule is CCCCCCCCS(CCCCCCCC)(CCCCCCCC)OS(=O)(=O)c1ccc(C(F)(F)F)cc1. The van der Waals surface area contributed by atoms with Crippen molar-refractivity contribution in [3.05, 3.63) is 29.8 Å². The lowest BCUT2D eigenvalue weighted by Gasteiger charge is -2.39. The summed E-state index contributed by atoms with van der Waals surface area (Å²) in [5.74, 6) is 2.26. The van der Waals surface area contributed by atoms with E-state index in [1.807, 2.05) is 0 Å². The maximum Gasteiger partial charge on any atom is 0.416 e. The van der Waals surface area contributed by atoms with E-state index >= 15 is 0 Å². The summed E-state index contributed by atoms with van der Waals surface area (Å²) in [4.78, 5) is -0.179. The molecule has 0 aliphatic heterocycles. The monoisotopic (exact) mass is 596 g/mol. The summed E-state index contributed by atoms with van der Waals surface area (Å²) in [6, 6.07) is 3.76. The minimum Gasteiger partial charge on any atom is -0.216 e. The lowest BCUT2D eigenvalue weighted by atomic mass is 10.1. The molecule has 0 aliphatic carbocycles. The van der Waals surface area contributed by atoms with Crippen molar-refractivity contribution < 1.29 is 25.2 Å². The van der Waals surface area contributed by atoms with Gasteiger partial charge in [0.1, 0.15) is 0 Å². The molecule has 0 fully saturated rings. The summed E-state index contributed by atoms with van der Waals surface area (Å²) in [6.45, 7) is 6.57. The summed E-state index contributed by atoms with van der Waals surface area (Å²) in [7, 11) is -6.09.